The molecule has 0 saturated heterocycles. The van der Waals surface area contributed by atoms with Crippen LogP contribution in [0.4, 0.5) is 15.2 Å². The summed E-state index contributed by atoms with van der Waals surface area (Å²) >= 11 is 3.05. The van der Waals surface area contributed by atoms with E-state index in [0.29, 0.717) is 16.4 Å². The number of hydrogen-bond donors (Lipinski definition) is 2. The maximum absolute atomic E-state index is 13.4. The van der Waals surface area contributed by atoms with Crippen molar-refractivity contribution in [3.05, 3.63) is 50.8 Å². The van der Waals surface area contributed by atoms with Crippen LogP contribution in [-0.4, -0.2) is 16.8 Å². The number of amides is 2. The molecule has 3 heterocycles. The summed E-state index contributed by atoms with van der Waals surface area (Å²) in [6.07, 6.45) is 0.0194. The summed E-state index contributed by atoms with van der Waals surface area (Å²) in [5.74, 6) is -1.76. The third-order valence-corrected chi connectivity index (χ3v) is 6.15. The monoisotopic (exact) mass is 401 g/mol. The van der Waals surface area contributed by atoms with Crippen LogP contribution >= 0.6 is 22.7 Å². The zero-order valence-electron chi connectivity index (χ0n) is 14.6. The average molecular weight is 401 g/mol. The molecule has 27 heavy (non-hydrogen) atoms. The van der Waals surface area contributed by atoms with Gasteiger partial charge in [0.25, 0.3) is 0 Å². The van der Waals surface area contributed by atoms with Gasteiger partial charge in [0.2, 0.25) is 11.8 Å². The summed E-state index contributed by atoms with van der Waals surface area (Å²) in [7, 11) is 0. The average Bonchev–Trinajstić information content (AvgIpc) is 3.19. The van der Waals surface area contributed by atoms with Gasteiger partial charge in [-0.15, -0.1) is 22.7 Å². The molecule has 3 aromatic rings. The fourth-order valence-corrected chi connectivity index (χ4v) is 4.85. The fraction of sp³-hybridized carbons (Fsp3) is 0.211. The van der Waals surface area contributed by atoms with E-state index in [1.807, 2.05) is 19.2 Å². The van der Waals surface area contributed by atoms with E-state index in [1.165, 1.54) is 33.2 Å². The van der Waals surface area contributed by atoms with Gasteiger partial charge in [-0.25, -0.2) is 9.37 Å². The minimum atomic E-state index is -0.674. The van der Waals surface area contributed by atoms with Gasteiger partial charge in [0.15, 0.2) is 5.13 Å². The van der Waals surface area contributed by atoms with Gasteiger partial charge < -0.3 is 10.6 Å². The van der Waals surface area contributed by atoms with E-state index in [1.54, 1.807) is 17.4 Å². The Morgan fingerprint density at radius 3 is 2.89 bits per heavy atom. The first kappa shape index (κ1) is 17.8. The highest BCUT2D eigenvalue weighted by molar-refractivity contribution is 7.14. The number of rotatable bonds is 3. The molecule has 1 aliphatic heterocycles. The molecule has 0 aliphatic carbocycles. The molecule has 0 radical (unpaired) electrons. The van der Waals surface area contributed by atoms with Gasteiger partial charge in [-0.05, 0) is 37.6 Å². The molecule has 2 N–H and O–H groups in total. The predicted octanol–water partition coefficient (Wildman–Crippen LogP) is 4.69. The van der Waals surface area contributed by atoms with E-state index in [2.05, 4.69) is 21.7 Å². The van der Waals surface area contributed by atoms with Gasteiger partial charge in [0.05, 0.1) is 11.6 Å². The molecule has 8 heteroatoms. The van der Waals surface area contributed by atoms with Crippen molar-refractivity contribution < 1.29 is 14.0 Å². The molecule has 1 atom stereocenters. The Kier molecular flexibility index (Phi) is 4.53. The van der Waals surface area contributed by atoms with Crippen LogP contribution in [0.15, 0.2) is 29.6 Å². The lowest BCUT2D eigenvalue weighted by molar-refractivity contribution is -0.123. The molecule has 4 rings (SSSR count). The highest BCUT2D eigenvalue weighted by Gasteiger charge is 2.31. The number of thiazole rings is 1. The molecule has 0 saturated carbocycles. The topological polar surface area (TPSA) is 71.1 Å². The Labute approximate surface area is 163 Å². The number of aromatic nitrogens is 1. The first-order chi connectivity index (χ1) is 12.9. The maximum Gasteiger partial charge on any atom is 0.234 e. The molecular weight excluding hydrogens is 385 g/mol. The molecule has 2 amide bonds. The Hall–Kier alpha value is -2.58. The summed E-state index contributed by atoms with van der Waals surface area (Å²) in [6.45, 7) is 4.09. The molecule has 0 spiro atoms. The number of carbonyl (C=O) groups excluding carboxylic acids is 2. The molecule has 0 fully saturated rings. The number of anilines is 2. The lowest BCUT2D eigenvalue weighted by Gasteiger charge is -2.24. The third-order valence-electron chi connectivity index (χ3n) is 4.42. The number of nitrogens with one attached hydrogen (secondary N) is 2. The minimum Gasteiger partial charge on any atom is -0.326 e. The van der Waals surface area contributed by atoms with E-state index in [0.717, 1.165) is 11.3 Å². The molecule has 1 aromatic carbocycles. The van der Waals surface area contributed by atoms with Crippen LogP contribution in [0.5, 0.6) is 0 Å². The Bertz CT molecular complexity index is 1060. The highest BCUT2D eigenvalue weighted by atomic mass is 32.1. The summed E-state index contributed by atoms with van der Waals surface area (Å²) in [5.41, 5.74) is 2.83. The molecule has 1 aliphatic rings. The van der Waals surface area contributed by atoms with E-state index < -0.39 is 11.7 Å². The lowest BCUT2D eigenvalue weighted by Crippen LogP contribution is -2.30. The van der Waals surface area contributed by atoms with Crippen molar-refractivity contribution >= 4 is 45.3 Å². The Morgan fingerprint density at radius 1 is 1.33 bits per heavy atom. The van der Waals surface area contributed by atoms with Gasteiger partial charge in [-0.1, -0.05) is 6.07 Å². The van der Waals surface area contributed by atoms with E-state index in [9.17, 15) is 14.0 Å². The molecule has 1 unspecified atom stereocenters. The lowest BCUT2D eigenvalue weighted by atomic mass is 9.90. The zero-order chi connectivity index (χ0) is 19.1. The van der Waals surface area contributed by atoms with Crippen LogP contribution in [0.3, 0.4) is 0 Å². The van der Waals surface area contributed by atoms with Crippen molar-refractivity contribution in [2.24, 2.45) is 0 Å². The first-order valence-corrected chi connectivity index (χ1v) is 10.0. The largest absolute Gasteiger partial charge is 0.326 e. The standard InChI is InChI=1S/C19H16FN3O2S2/c1-9-5-13(10(2)27-9)16-8-26-19(22-16)23-18(25)14-7-17(24)21-15-6-11(20)3-4-12(14)15/h3-6,8,14H,7H2,1-2H3,(H,21,24)(H,22,23,25). The van der Waals surface area contributed by atoms with Crippen molar-refractivity contribution in [3.8, 4) is 11.3 Å². The van der Waals surface area contributed by atoms with E-state index in [-0.39, 0.29) is 18.2 Å². The quantitative estimate of drug-likeness (QED) is 0.669. The normalized spacial score (nSPS) is 16.0. The van der Waals surface area contributed by atoms with Gasteiger partial charge in [-0.2, -0.15) is 0 Å². The smallest absolute Gasteiger partial charge is 0.234 e. The van der Waals surface area contributed by atoms with Crippen LogP contribution in [0, 0.1) is 19.7 Å². The number of thiophene rings is 1. The molecule has 2 aromatic heterocycles. The van der Waals surface area contributed by atoms with Crippen LogP contribution in [0.25, 0.3) is 11.3 Å². The number of benzene rings is 1. The van der Waals surface area contributed by atoms with E-state index in [4.69, 9.17) is 0 Å². The second-order valence-corrected chi connectivity index (χ2v) is 8.71. The molecular formula is C19H16FN3O2S2. The number of nitrogens with zero attached hydrogens (tertiary/aromatic N) is 1. The van der Waals surface area contributed by atoms with Gasteiger partial charge in [-0.3, -0.25) is 9.59 Å². The van der Waals surface area contributed by atoms with Gasteiger partial charge in [0.1, 0.15) is 5.82 Å². The van der Waals surface area contributed by atoms with E-state index >= 15 is 0 Å². The second-order valence-electron chi connectivity index (χ2n) is 6.39. The molecule has 0 bridgehead atoms. The number of aryl methyl sites for hydroxylation is 2. The van der Waals surface area contributed by atoms with Crippen molar-refractivity contribution in [3.63, 3.8) is 0 Å². The summed E-state index contributed by atoms with van der Waals surface area (Å²) in [6, 6.07) is 6.14. The first-order valence-electron chi connectivity index (χ1n) is 8.34. The van der Waals surface area contributed by atoms with Crippen molar-refractivity contribution in [2.75, 3.05) is 10.6 Å². The van der Waals surface area contributed by atoms with Crippen molar-refractivity contribution in [1.82, 2.24) is 4.98 Å². The van der Waals surface area contributed by atoms with Crippen LogP contribution in [-0.2, 0) is 9.59 Å². The van der Waals surface area contributed by atoms with Crippen molar-refractivity contribution in [2.45, 2.75) is 26.2 Å². The Morgan fingerprint density at radius 2 is 2.15 bits per heavy atom. The number of hydrogen-bond acceptors (Lipinski definition) is 5. The zero-order valence-corrected chi connectivity index (χ0v) is 16.3. The Balaban J connectivity index is 1.57. The minimum absolute atomic E-state index is 0.0194. The summed E-state index contributed by atoms with van der Waals surface area (Å²) in [4.78, 5) is 31.6. The fourth-order valence-electron chi connectivity index (χ4n) is 3.20. The van der Waals surface area contributed by atoms with Gasteiger partial charge in [0, 0.05) is 32.8 Å². The molecule has 5 nitrogen and oxygen atoms in total. The SMILES string of the molecule is Cc1cc(-c2csc(NC(=O)C3CC(=O)Nc4cc(F)ccc43)n2)c(C)s1. The summed E-state index contributed by atoms with van der Waals surface area (Å²) in [5, 5.41) is 7.80. The number of carbonyl (C=O) groups is 2. The predicted molar refractivity (Wildman–Crippen MR) is 106 cm³/mol. The number of fused-ring (bicyclic) bond motifs is 1. The van der Waals surface area contributed by atoms with Gasteiger partial charge >= 0.3 is 0 Å². The molecule has 138 valence electrons. The second kappa shape index (κ2) is 6.86. The van der Waals surface area contributed by atoms with Crippen LogP contribution in [0.1, 0.15) is 27.7 Å². The number of halogens is 1. The van der Waals surface area contributed by atoms with Crippen LogP contribution in [0.2, 0.25) is 0 Å². The van der Waals surface area contributed by atoms with Crippen molar-refractivity contribution in [1.29, 1.82) is 0 Å². The van der Waals surface area contributed by atoms with Crippen LogP contribution < -0.4 is 10.6 Å². The third kappa shape index (κ3) is 3.50. The maximum atomic E-state index is 13.4. The highest BCUT2D eigenvalue weighted by Crippen LogP contribution is 2.35. The summed E-state index contributed by atoms with van der Waals surface area (Å²) < 4.78 is 13.4.